The molecule has 1 nitrogen and oxygen atoms in total. The summed E-state index contributed by atoms with van der Waals surface area (Å²) in [5.74, 6) is 0. The zero-order valence-corrected chi connectivity index (χ0v) is 5.75. The molecular formula is C6H11OS. The van der Waals surface area contributed by atoms with Crippen molar-refractivity contribution in [1.29, 1.82) is 0 Å². The van der Waals surface area contributed by atoms with Crippen molar-refractivity contribution in [3.8, 4) is 0 Å². The Kier molecular flexibility index (Phi) is 7.09. The first-order chi connectivity index (χ1) is 3.91. The summed E-state index contributed by atoms with van der Waals surface area (Å²) in [7, 11) is 0. The van der Waals surface area contributed by atoms with Crippen LogP contribution in [-0.4, -0.2) is 12.0 Å². The van der Waals surface area contributed by atoms with Crippen molar-refractivity contribution in [2.45, 2.75) is 25.7 Å². The van der Waals surface area contributed by atoms with E-state index in [1.54, 1.807) is 5.37 Å². The van der Waals surface area contributed by atoms with Crippen LogP contribution in [0.15, 0.2) is 0 Å². The minimum absolute atomic E-state index is 0.0669. The highest BCUT2D eigenvalue weighted by atomic mass is 32.1. The van der Waals surface area contributed by atoms with Crippen LogP contribution >= 0.6 is 12.2 Å². The van der Waals surface area contributed by atoms with Gasteiger partial charge in [-0.2, -0.15) is 0 Å². The van der Waals surface area contributed by atoms with E-state index in [1.807, 2.05) is 0 Å². The lowest BCUT2D eigenvalue weighted by atomic mass is 10.2. The Morgan fingerprint density at radius 3 is 2.50 bits per heavy atom. The Morgan fingerprint density at radius 1 is 1.25 bits per heavy atom. The van der Waals surface area contributed by atoms with Crippen molar-refractivity contribution >= 4 is 17.6 Å². The van der Waals surface area contributed by atoms with Crippen LogP contribution in [0.4, 0.5) is 0 Å². The van der Waals surface area contributed by atoms with Gasteiger partial charge in [0.15, 0.2) is 0 Å². The fourth-order valence-corrected chi connectivity index (χ4v) is 0.673. The minimum Gasteiger partial charge on any atom is -0.237 e. The second kappa shape index (κ2) is 7.05. The van der Waals surface area contributed by atoms with E-state index in [0.29, 0.717) is 0 Å². The van der Waals surface area contributed by atoms with Crippen LogP contribution in [-0.2, 0) is 5.11 Å². The monoisotopic (exact) mass is 131 g/mol. The maximum absolute atomic E-state index is 9.86. The third-order valence-corrected chi connectivity index (χ3v) is 1.20. The van der Waals surface area contributed by atoms with Gasteiger partial charge in [0.1, 0.15) is 0 Å². The van der Waals surface area contributed by atoms with E-state index in [4.69, 9.17) is 0 Å². The lowest BCUT2D eigenvalue weighted by molar-refractivity contribution is 0.186. The van der Waals surface area contributed by atoms with Gasteiger partial charge >= 0.3 is 0 Å². The van der Waals surface area contributed by atoms with Gasteiger partial charge < -0.3 is 0 Å². The summed E-state index contributed by atoms with van der Waals surface area (Å²) in [6.45, 7) is 0.0669. The Morgan fingerprint density at radius 2 is 2.00 bits per heavy atom. The van der Waals surface area contributed by atoms with Gasteiger partial charge in [-0.25, -0.2) is 5.11 Å². The van der Waals surface area contributed by atoms with Gasteiger partial charge in [0.2, 0.25) is 0 Å². The molecule has 1 radical (unpaired) electrons. The Hall–Kier alpha value is 0.0500. The summed E-state index contributed by atoms with van der Waals surface area (Å²) < 4.78 is 0. The van der Waals surface area contributed by atoms with Gasteiger partial charge in [0.25, 0.3) is 0 Å². The van der Waals surface area contributed by atoms with E-state index >= 15 is 0 Å². The molecule has 0 aromatic heterocycles. The summed E-state index contributed by atoms with van der Waals surface area (Å²) in [5.41, 5.74) is 0. The molecule has 47 valence electrons. The van der Waals surface area contributed by atoms with Crippen LogP contribution in [0, 0.1) is 0 Å². The fraction of sp³-hybridized carbons (Fsp3) is 0.833. The number of unbranched alkanes of at least 4 members (excludes halogenated alkanes) is 3. The van der Waals surface area contributed by atoms with Crippen molar-refractivity contribution in [3.05, 3.63) is 0 Å². The minimum atomic E-state index is 0.0669. The summed E-state index contributed by atoms with van der Waals surface area (Å²) in [6.07, 6.45) is 3.92. The lowest BCUT2D eigenvalue weighted by Crippen LogP contribution is -1.80. The second-order valence-electron chi connectivity index (χ2n) is 1.72. The zero-order valence-electron chi connectivity index (χ0n) is 4.93. The molecule has 0 heterocycles. The molecule has 0 aliphatic heterocycles. The van der Waals surface area contributed by atoms with Gasteiger partial charge in [-0.3, -0.25) is 0 Å². The molecule has 8 heavy (non-hydrogen) atoms. The van der Waals surface area contributed by atoms with E-state index in [1.165, 1.54) is 0 Å². The molecule has 0 rings (SSSR count). The molecule has 0 saturated carbocycles. The summed E-state index contributed by atoms with van der Waals surface area (Å²) in [4.78, 5) is 0. The van der Waals surface area contributed by atoms with Crippen molar-refractivity contribution in [3.63, 3.8) is 0 Å². The highest BCUT2D eigenvalue weighted by molar-refractivity contribution is 7.78. The van der Waals surface area contributed by atoms with Gasteiger partial charge in [-0.1, -0.05) is 18.6 Å². The molecule has 0 atom stereocenters. The largest absolute Gasteiger partial charge is 0.237 e. The quantitative estimate of drug-likeness (QED) is 0.412. The molecule has 0 aliphatic carbocycles. The first-order valence-corrected chi connectivity index (χ1v) is 3.40. The highest BCUT2D eigenvalue weighted by Crippen LogP contribution is 1.96. The second-order valence-corrected chi connectivity index (χ2v) is 2.05. The van der Waals surface area contributed by atoms with Crippen LogP contribution in [0.3, 0.4) is 0 Å². The molecule has 0 N–H and O–H groups in total. The van der Waals surface area contributed by atoms with E-state index < -0.39 is 0 Å². The molecular weight excluding hydrogens is 120 g/mol. The van der Waals surface area contributed by atoms with E-state index in [2.05, 4.69) is 12.2 Å². The van der Waals surface area contributed by atoms with Gasteiger partial charge in [-0.05, 0) is 24.6 Å². The first kappa shape index (κ1) is 8.05. The fourth-order valence-electron chi connectivity index (χ4n) is 0.507. The Balaban J connectivity index is 2.62. The van der Waals surface area contributed by atoms with E-state index in [-0.39, 0.29) is 6.61 Å². The maximum atomic E-state index is 9.86. The van der Waals surface area contributed by atoms with Crippen LogP contribution in [0.2, 0.25) is 0 Å². The molecule has 0 amide bonds. The number of thiocarbonyl (C=S) groups is 1. The maximum Gasteiger partial charge on any atom is 0.0822 e. The van der Waals surface area contributed by atoms with Crippen LogP contribution in [0.5, 0.6) is 0 Å². The standard InChI is InChI=1S/C6H11OS/c7-5-3-1-2-4-6-8/h6H,1-5H2. The molecule has 0 aromatic carbocycles. The smallest absolute Gasteiger partial charge is 0.0822 e. The molecule has 0 aliphatic rings. The summed E-state index contributed by atoms with van der Waals surface area (Å²) in [6, 6.07) is 0. The number of hydrogen-bond acceptors (Lipinski definition) is 1. The molecule has 0 saturated heterocycles. The molecule has 0 spiro atoms. The topological polar surface area (TPSA) is 19.9 Å². The predicted molar refractivity (Wildman–Crippen MR) is 37.7 cm³/mol. The van der Waals surface area contributed by atoms with Gasteiger partial charge in [-0.15, -0.1) is 0 Å². The molecule has 0 bridgehead atoms. The summed E-state index contributed by atoms with van der Waals surface area (Å²) >= 11 is 4.60. The average Bonchev–Trinajstić information content (AvgIpc) is 1.81. The van der Waals surface area contributed by atoms with Crippen molar-refractivity contribution in [2.75, 3.05) is 6.61 Å². The first-order valence-electron chi connectivity index (χ1n) is 2.93. The molecule has 0 fully saturated rings. The van der Waals surface area contributed by atoms with Crippen LogP contribution < -0.4 is 0 Å². The Bertz CT molecular complexity index is 54.5. The van der Waals surface area contributed by atoms with Crippen molar-refractivity contribution in [1.82, 2.24) is 0 Å². The number of rotatable bonds is 5. The third kappa shape index (κ3) is 6.05. The van der Waals surface area contributed by atoms with E-state index in [9.17, 15) is 5.11 Å². The van der Waals surface area contributed by atoms with E-state index in [0.717, 1.165) is 25.7 Å². The Labute approximate surface area is 55.7 Å². The summed E-state index contributed by atoms with van der Waals surface area (Å²) in [5, 5.41) is 11.6. The number of hydrogen-bond donors (Lipinski definition) is 0. The molecule has 0 unspecified atom stereocenters. The molecule has 2 heteroatoms. The highest BCUT2D eigenvalue weighted by Gasteiger charge is 1.83. The predicted octanol–water partition coefficient (Wildman–Crippen LogP) is 1.98. The lowest BCUT2D eigenvalue weighted by Gasteiger charge is -1.89. The van der Waals surface area contributed by atoms with Gasteiger partial charge in [0, 0.05) is 0 Å². The third-order valence-electron chi connectivity index (χ3n) is 0.966. The molecule has 0 aromatic rings. The average molecular weight is 131 g/mol. The van der Waals surface area contributed by atoms with Gasteiger partial charge in [0.05, 0.1) is 6.61 Å². The zero-order chi connectivity index (χ0) is 6.24. The van der Waals surface area contributed by atoms with Crippen LogP contribution in [0.1, 0.15) is 25.7 Å². The van der Waals surface area contributed by atoms with Crippen LogP contribution in [0.25, 0.3) is 0 Å². The SMILES string of the molecule is [O]CCCCCC=S. The normalized spacial score (nSPS) is 9.12. The van der Waals surface area contributed by atoms with Crippen molar-refractivity contribution < 1.29 is 5.11 Å². The van der Waals surface area contributed by atoms with Crippen molar-refractivity contribution in [2.24, 2.45) is 0 Å².